The van der Waals surface area contributed by atoms with Crippen molar-refractivity contribution in [3.05, 3.63) is 24.3 Å². The zero-order valence-corrected chi connectivity index (χ0v) is 20.3. The first-order valence-corrected chi connectivity index (χ1v) is 12.0. The van der Waals surface area contributed by atoms with E-state index in [4.69, 9.17) is 9.47 Å². The Morgan fingerprint density at radius 2 is 1.87 bits per heavy atom. The molecule has 0 unspecified atom stereocenters. The van der Waals surface area contributed by atoms with Crippen LogP contribution in [0.5, 0.6) is 0 Å². The molecule has 2 aliphatic carbocycles. The minimum absolute atomic E-state index is 0.276. The van der Waals surface area contributed by atoms with Crippen molar-refractivity contribution in [2.75, 3.05) is 0 Å². The van der Waals surface area contributed by atoms with Crippen molar-refractivity contribution in [3.8, 4) is 0 Å². The van der Waals surface area contributed by atoms with Crippen LogP contribution in [0.15, 0.2) is 24.3 Å². The van der Waals surface area contributed by atoms with Crippen molar-refractivity contribution in [1.82, 2.24) is 0 Å². The fourth-order valence-electron chi connectivity index (χ4n) is 6.71. The number of hydrogen-bond donors (Lipinski definition) is 3. The number of allylic oxidation sites excluding steroid dienone is 2. The molecule has 1 heterocycles. The maximum absolute atomic E-state index is 10.4. The van der Waals surface area contributed by atoms with Gasteiger partial charge in [-0.15, -0.1) is 6.58 Å². The number of hydrogen-bond acceptors (Lipinski definition) is 5. The molecular weight excluding hydrogens is 392 g/mol. The quantitative estimate of drug-likeness (QED) is 0.539. The van der Waals surface area contributed by atoms with Crippen molar-refractivity contribution in [2.24, 2.45) is 22.7 Å². The molecule has 9 atom stereocenters. The highest BCUT2D eigenvalue weighted by Gasteiger charge is 2.52. The summed E-state index contributed by atoms with van der Waals surface area (Å²) in [7, 11) is 0. The molecule has 0 spiro atoms. The highest BCUT2D eigenvalue weighted by Crippen LogP contribution is 2.60. The van der Waals surface area contributed by atoms with E-state index >= 15 is 0 Å². The zero-order valence-electron chi connectivity index (χ0n) is 20.3. The Morgan fingerprint density at radius 3 is 2.52 bits per heavy atom. The van der Waals surface area contributed by atoms with Crippen molar-refractivity contribution in [1.29, 1.82) is 0 Å². The maximum Gasteiger partial charge on any atom is 0.187 e. The lowest BCUT2D eigenvalue weighted by Crippen LogP contribution is -2.58. The summed E-state index contributed by atoms with van der Waals surface area (Å²) >= 11 is 0. The summed E-state index contributed by atoms with van der Waals surface area (Å²) in [6, 6.07) is 0. The molecule has 0 aromatic carbocycles. The van der Waals surface area contributed by atoms with E-state index in [1.54, 1.807) is 13.0 Å². The number of fused-ring (bicyclic) bond motifs is 1. The first kappa shape index (κ1) is 24.9. The highest BCUT2D eigenvalue weighted by molar-refractivity contribution is 5.18. The summed E-state index contributed by atoms with van der Waals surface area (Å²) in [5, 5.41) is 30.5. The first-order chi connectivity index (χ1) is 14.3. The number of aliphatic hydroxyl groups is 3. The van der Waals surface area contributed by atoms with Gasteiger partial charge in [-0.3, -0.25) is 0 Å². The minimum atomic E-state index is -1.30. The molecule has 3 rings (SSSR count). The van der Waals surface area contributed by atoms with Gasteiger partial charge in [-0.1, -0.05) is 44.9 Å². The number of aliphatic hydroxyl groups excluding tert-OH is 3. The molecule has 0 amide bonds. The van der Waals surface area contributed by atoms with Gasteiger partial charge in [0.1, 0.15) is 18.3 Å². The highest BCUT2D eigenvalue weighted by atomic mass is 16.7. The number of ether oxygens (including phenoxy) is 2. The van der Waals surface area contributed by atoms with Crippen LogP contribution in [0, 0.1) is 22.7 Å². The van der Waals surface area contributed by atoms with Crippen LogP contribution in [0.1, 0.15) is 80.1 Å². The van der Waals surface area contributed by atoms with Gasteiger partial charge in [0.05, 0.1) is 11.7 Å². The van der Waals surface area contributed by atoms with Crippen molar-refractivity contribution in [2.45, 2.75) is 116 Å². The topological polar surface area (TPSA) is 79.2 Å². The normalized spacial score (nSPS) is 44.7. The molecule has 1 saturated carbocycles. The molecule has 178 valence electrons. The fraction of sp³-hybridized carbons (Fsp3) is 0.846. The van der Waals surface area contributed by atoms with Gasteiger partial charge in [-0.25, -0.2) is 0 Å². The van der Waals surface area contributed by atoms with Crippen molar-refractivity contribution in [3.63, 3.8) is 0 Å². The predicted molar refractivity (Wildman–Crippen MR) is 122 cm³/mol. The van der Waals surface area contributed by atoms with Gasteiger partial charge < -0.3 is 24.8 Å². The monoisotopic (exact) mass is 436 g/mol. The van der Waals surface area contributed by atoms with Crippen LogP contribution in [0.3, 0.4) is 0 Å². The van der Waals surface area contributed by atoms with Gasteiger partial charge in [-0.05, 0) is 75.5 Å². The SMILES string of the molecule is C=C[C@@](C)(CC[C@H]1C(C)=CC[C@H]2C(C)(C)CCC[C@]12C)O[C@@H]1O[C@H](C)[C@H](O)[C@H](O)[C@H]1O. The first-order valence-electron chi connectivity index (χ1n) is 12.0. The molecule has 5 nitrogen and oxygen atoms in total. The summed E-state index contributed by atoms with van der Waals surface area (Å²) in [6.07, 6.45) is 5.58. The van der Waals surface area contributed by atoms with E-state index in [1.807, 2.05) is 6.92 Å². The number of rotatable bonds is 6. The summed E-state index contributed by atoms with van der Waals surface area (Å²) < 4.78 is 11.9. The van der Waals surface area contributed by atoms with Gasteiger partial charge in [0.25, 0.3) is 0 Å². The van der Waals surface area contributed by atoms with E-state index in [9.17, 15) is 15.3 Å². The Bertz CT molecular complexity index is 687. The lowest BCUT2D eigenvalue weighted by Gasteiger charge is -2.57. The lowest BCUT2D eigenvalue weighted by atomic mass is 9.48. The maximum atomic E-state index is 10.4. The zero-order chi connectivity index (χ0) is 23.2. The van der Waals surface area contributed by atoms with Crippen LogP contribution >= 0.6 is 0 Å². The lowest BCUT2D eigenvalue weighted by molar-refractivity contribution is -0.313. The molecular formula is C26H44O5. The van der Waals surface area contributed by atoms with Gasteiger partial charge in [0.15, 0.2) is 6.29 Å². The van der Waals surface area contributed by atoms with Gasteiger partial charge >= 0.3 is 0 Å². The molecule has 5 heteroatoms. The second-order valence-corrected chi connectivity index (χ2v) is 11.5. The second-order valence-electron chi connectivity index (χ2n) is 11.5. The van der Waals surface area contributed by atoms with E-state index in [0.717, 1.165) is 12.8 Å². The summed E-state index contributed by atoms with van der Waals surface area (Å²) in [6.45, 7) is 17.2. The van der Waals surface area contributed by atoms with Crippen molar-refractivity contribution >= 4 is 0 Å². The molecule has 0 bridgehead atoms. The Kier molecular flexibility index (Phi) is 7.16. The van der Waals surface area contributed by atoms with Crippen molar-refractivity contribution < 1.29 is 24.8 Å². The van der Waals surface area contributed by atoms with E-state index in [0.29, 0.717) is 17.3 Å². The van der Waals surface area contributed by atoms with E-state index in [2.05, 4.69) is 40.3 Å². The van der Waals surface area contributed by atoms with Crippen LogP contribution in [0.2, 0.25) is 0 Å². The standard InChI is InChI=1S/C26H44O5/c1-8-25(6,31-23-22(29)21(28)20(27)17(3)30-23)15-12-18-16(2)10-11-19-24(4,5)13-9-14-26(18,19)7/h8,10,17-23,27-29H,1,9,11-15H2,2-7H3/t17-,18+,19+,20+,21+,22-,23+,25+,26-/m1/s1. The van der Waals surface area contributed by atoms with E-state index in [1.165, 1.54) is 31.3 Å². The molecule has 1 saturated heterocycles. The molecule has 2 fully saturated rings. The van der Waals surface area contributed by atoms with Gasteiger partial charge in [0.2, 0.25) is 0 Å². The van der Waals surface area contributed by atoms with E-state index < -0.39 is 36.3 Å². The average molecular weight is 437 g/mol. The minimum Gasteiger partial charge on any atom is -0.388 e. The second kappa shape index (κ2) is 8.90. The van der Waals surface area contributed by atoms with Crippen LogP contribution in [-0.2, 0) is 9.47 Å². The Labute approximate surface area is 188 Å². The summed E-state index contributed by atoms with van der Waals surface area (Å²) in [4.78, 5) is 0. The third kappa shape index (κ3) is 4.67. The average Bonchev–Trinajstić information content (AvgIpc) is 2.69. The van der Waals surface area contributed by atoms with Gasteiger partial charge in [0, 0.05) is 0 Å². The third-order valence-corrected chi connectivity index (χ3v) is 8.85. The molecule has 0 radical (unpaired) electrons. The molecule has 3 N–H and O–H groups in total. The van der Waals surface area contributed by atoms with Crippen LogP contribution in [-0.4, -0.2) is 51.6 Å². The summed E-state index contributed by atoms with van der Waals surface area (Å²) in [5.74, 6) is 1.16. The molecule has 0 aromatic heterocycles. The Hall–Kier alpha value is -0.720. The Balaban J connectivity index is 1.74. The third-order valence-electron chi connectivity index (χ3n) is 8.85. The van der Waals surface area contributed by atoms with Gasteiger partial charge in [-0.2, -0.15) is 0 Å². The fourth-order valence-corrected chi connectivity index (χ4v) is 6.71. The molecule has 31 heavy (non-hydrogen) atoms. The van der Waals surface area contributed by atoms with Crippen LogP contribution in [0.25, 0.3) is 0 Å². The molecule has 1 aliphatic heterocycles. The molecule has 3 aliphatic rings. The largest absolute Gasteiger partial charge is 0.388 e. The smallest absolute Gasteiger partial charge is 0.187 e. The van der Waals surface area contributed by atoms with Crippen LogP contribution < -0.4 is 0 Å². The van der Waals surface area contributed by atoms with E-state index in [-0.39, 0.29) is 5.41 Å². The van der Waals surface area contributed by atoms with Crippen LogP contribution in [0.4, 0.5) is 0 Å². The molecule has 0 aromatic rings. The summed E-state index contributed by atoms with van der Waals surface area (Å²) in [5.41, 5.74) is 1.40. The Morgan fingerprint density at radius 1 is 1.19 bits per heavy atom. The predicted octanol–water partition coefficient (Wildman–Crippen LogP) is 4.35.